The minimum atomic E-state index is -1.07. The topological polar surface area (TPSA) is 76.1 Å². The standard InChI is InChI=1S/C31H32ClNO5/c1-20-8-14-26-29(37-20)25-16-23(11-15-27(25)38-31(26,2)17-21-6-4-3-5-7-21)30(36)33(19-28(34)35)18-22-9-12-24(32)13-10-22/h3-7,9-13,15-16,20,26,29H,8,14,17-19H2,1-2H3,(H,34,35)/t20-,26-,29+,31+/m1/s1. The minimum absolute atomic E-state index is 0.0935. The van der Waals surface area contributed by atoms with E-state index in [9.17, 15) is 14.7 Å². The summed E-state index contributed by atoms with van der Waals surface area (Å²) in [6.45, 7) is 3.98. The van der Waals surface area contributed by atoms with E-state index in [1.165, 1.54) is 10.5 Å². The number of rotatable bonds is 7. The van der Waals surface area contributed by atoms with Gasteiger partial charge in [-0.05, 0) is 68.1 Å². The van der Waals surface area contributed by atoms with E-state index in [2.05, 4.69) is 26.0 Å². The Morgan fingerprint density at radius 1 is 1.03 bits per heavy atom. The fraction of sp³-hybridized carbons (Fsp3) is 0.355. The molecular weight excluding hydrogens is 502 g/mol. The minimum Gasteiger partial charge on any atom is -0.486 e. The van der Waals surface area contributed by atoms with Crippen molar-refractivity contribution in [3.8, 4) is 5.75 Å². The first-order valence-corrected chi connectivity index (χ1v) is 13.4. The van der Waals surface area contributed by atoms with E-state index in [1.54, 1.807) is 30.3 Å². The van der Waals surface area contributed by atoms with Gasteiger partial charge in [0.1, 0.15) is 17.9 Å². The number of aliphatic carboxylic acids is 1. The Morgan fingerprint density at radius 2 is 1.76 bits per heavy atom. The lowest BCUT2D eigenvalue weighted by Crippen LogP contribution is -2.51. The molecule has 0 aliphatic carbocycles. The van der Waals surface area contributed by atoms with Crippen LogP contribution in [0.25, 0.3) is 0 Å². The Morgan fingerprint density at radius 3 is 2.47 bits per heavy atom. The van der Waals surface area contributed by atoms with Crippen molar-refractivity contribution in [2.45, 2.75) is 57.5 Å². The zero-order chi connectivity index (χ0) is 26.9. The van der Waals surface area contributed by atoms with E-state index in [4.69, 9.17) is 21.1 Å². The van der Waals surface area contributed by atoms with Gasteiger partial charge in [-0.1, -0.05) is 54.1 Å². The van der Waals surface area contributed by atoms with Crippen LogP contribution in [0, 0.1) is 5.92 Å². The van der Waals surface area contributed by atoms with Crippen LogP contribution in [0.3, 0.4) is 0 Å². The molecule has 2 aliphatic rings. The summed E-state index contributed by atoms with van der Waals surface area (Å²) in [6.07, 6.45) is 2.52. The molecule has 5 rings (SSSR count). The molecule has 2 aliphatic heterocycles. The van der Waals surface area contributed by atoms with Crippen LogP contribution in [0.1, 0.15) is 59.8 Å². The number of ether oxygens (including phenoxy) is 2. The van der Waals surface area contributed by atoms with Gasteiger partial charge >= 0.3 is 5.97 Å². The summed E-state index contributed by atoms with van der Waals surface area (Å²) in [4.78, 5) is 26.5. The lowest BCUT2D eigenvalue weighted by molar-refractivity contribution is -0.149. The number of halogens is 1. The van der Waals surface area contributed by atoms with Crippen LogP contribution in [0.15, 0.2) is 72.8 Å². The number of hydrogen-bond acceptors (Lipinski definition) is 4. The summed E-state index contributed by atoms with van der Waals surface area (Å²) in [5.41, 5.74) is 2.80. The number of carboxylic acid groups (broad SMARTS) is 1. The average molecular weight is 534 g/mol. The molecule has 38 heavy (non-hydrogen) atoms. The molecule has 0 unspecified atom stereocenters. The molecule has 0 saturated carbocycles. The second-order valence-electron chi connectivity index (χ2n) is 10.6. The molecule has 1 saturated heterocycles. The van der Waals surface area contributed by atoms with Gasteiger partial charge in [0.15, 0.2) is 0 Å². The molecule has 3 aromatic carbocycles. The van der Waals surface area contributed by atoms with Gasteiger partial charge < -0.3 is 19.5 Å². The van der Waals surface area contributed by atoms with Crippen LogP contribution < -0.4 is 4.74 Å². The highest BCUT2D eigenvalue weighted by Crippen LogP contribution is 2.51. The number of benzene rings is 3. The summed E-state index contributed by atoms with van der Waals surface area (Å²) in [7, 11) is 0. The lowest BCUT2D eigenvalue weighted by Gasteiger charge is -2.50. The third kappa shape index (κ3) is 5.57. The molecule has 0 spiro atoms. The fourth-order valence-corrected chi connectivity index (χ4v) is 5.87. The molecule has 2 heterocycles. The number of hydrogen-bond donors (Lipinski definition) is 1. The Labute approximate surface area is 228 Å². The maximum Gasteiger partial charge on any atom is 0.323 e. The van der Waals surface area contributed by atoms with Gasteiger partial charge in [0, 0.05) is 35.0 Å². The van der Waals surface area contributed by atoms with Crippen molar-refractivity contribution in [1.29, 1.82) is 0 Å². The zero-order valence-corrected chi connectivity index (χ0v) is 22.4. The first kappa shape index (κ1) is 26.3. The lowest BCUT2D eigenvalue weighted by atomic mass is 9.72. The molecule has 1 fully saturated rings. The third-order valence-corrected chi connectivity index (χ3v) is 7.87. The fourth-order valence-electron chi connectivity index (χ4n) is 5.74. The first-order chi connectivity index (χ1) is 18.2. The Balaban J connectivity index is 1.46. The van der Waals surface area contributed by atoms with Crippen LogP contribution in [-0.2, 0) is 22.5 Å². The van der Waals surface area contributed by atoms with Crippen molar-refractivity contribution >= 4 is 23.5 Å². The Bertz CT molecular complexity index is 1310. The number of fused-ring (bicyclic) bond motifs is 3. The molecule has 1 N–H and O–H groups in total. The van der Waals surface area contributed by atoms with Gasteiger partial charge in [0.2, 0.25) is 0 Å². The molecule has 7 heteroatoms. The van der Waals surface area contributed by atoms with Crippen LogP contribution in [0.2, 0.25) is 5.02 Å². The van der Waals surface area contributed by atoms with Gasteiger partial charge in [-0.25, -0.2) is 0 Å². The van der Waals surface area contributed by atoms with Crippen molar-refractivity contribution in [2.75, 3.05) is 6.54 Å². The number of carbonyl (C=O) groups excluding carboxylic acids is 1. The van der Waals surface area contributed by atoms with Gasteiger partial charge in [0.05, 0.1) is 12.2 Å². The maximum atomic E-state index is 13.6. The van der Waals surface area contributed by atoms with Crippen LogP contribution in [-0.4, -0.2) is 40.1 Å². The van der Waals surface area contributed by atoms with Crippen molar-refractivity contribution < 1.29 is 24.2 Å². The SMILES string of the molecule is C[C@@H]1CC[C@@H]2[C@@H](O1)c1cc(C(=O)N(CC(=O)O)Cc3ccc(Cl)cc3)ccc1O[C@@]2(C)Cc1ccccc1. The van der Waals surface area contributed by atoms with Gasteiger partial charge in [-0.3, -0.25) is 9.59 Å². The predicted octanol–water partition coefficient (Wildman–Crippen LogP) is 6.32. The van der Waals surface area contributed by atoms with Crippen molar-refractivity contribution in [2.24, 2.45) is 5.92 Å². The highest BCUT2D eigenvalue weighted by Gasteiger charge is 2.49. The van der Waals surface area contributed by atoms with E-state index >= 15 is 0 Å². The van der Waals surface area contributed by atoms with Gasteiger partial charge in [-0.2, -0.15) is 0 Å². The smallest absolute Gasteiger partial charge is 0.323 e. The number of nitrogens with zero attached hydrogens (tertiary/aromatic N) is 1. The number of carboxylic acids is 1. The normalized spacial score (nSPS) is 24.0. The van der Waals surface area contributed by atoms with Crippen LogP contribution in [0.4, 0.5) is 0 Å². The summed E-state index contributed by atoms with van der Waals surface area (Å²) < 4.78 is 13.2. The van der Waals surface area contributed by atoms with E-state index in [0.29, 0.717) is 16.3 Å². The second-order valence-corrected chi connectivity index (χ2v) is 11.0. The van der Waals surface area contributed by atoms with Crippen molar-refractivity contribution in [3.63, 3.8) is 0 Å². The summed E-state index contributed by atoms with van der Waals surface area (Å²) >= 11 is 5.99. The monoisotopic (exact) mass is 533 g/mol. The Hall–Kier alpha value is -3.35. The maximum absolute atomic E-state index is 13.6. The summed E-state index contributed by atoms with van der Waals surface area (Å²) in [5, 5.41) is 10.1. The van der Waals surface area contributed by atoms with E-state index in [0.717, 1.165) is 30.4 Å². The summed E-state index contributed by atoms with van der Waals surface area (Å²) in [5.74, 6) is -0.614. The molecular formula is C31H32ClNO5. The van der Waals surface area contributed by atoms with Gasteiger partial charge in [0.25, 0.3) is 5.91 Å². The third-order valence-electron chi connectivity index (χ3n) is 7.62. The van der Waals surface area contributed by atoms with E-state index in [1.807, 2.05) is 30.3 Å². The number of carbonyl (C=O) groups is 2. The van der Waals surface area contributed by atoms with E-state index in [-0.39, 0.29) is 30.6 Å². The molecule has 0 radical (unpaired) electrons. The molecule has 1 amide bonds. The van der Waals surface area contributed by atoms with Crippen LogP contribution in [0.5, 0.6) is 5.75 Å². The highest BCUT2D eigenvalue weighted by atomic mass is 35.5. The summed E-state index contributed by atoms with van der Waals surface area (Å²) in [6, 6.07) is 22.7. The largest absolute Gasteiger partial charge is 0.486 e. The second kappa shape index (κ2) is 10.8. The number of amides is 1. The highest BCUT2D eigenvalue weighted by molar-refractivity contribution is 6.30. The van der Waals surface area contributed by atoms with Crippen molar-refractivity contribution in [1.82, 2.24) is 4.90 Å². The molecule has 198 valence electrons. The molecule has 0 aromatic heterocycles. The molecule has 0 bridgehead atoms. The van der Waals surface area contributed by atoms with Gasteiger partial charge in [-0.15, -0.1) is 0 Å². The molecule has 4 atom stereocenters. The average Bonchev–Trinajstić information content (AvgIpc) is 2.89. The van der Waals surface area contributed by atoms with E-state index < -0.39 is 18.1 Å². The Kier molecular flexibility index (Phi) is 7.46. The zero-order valence-electron chi connectivity index (χ0n) is 21.6. The molecule has 3 aromatic rings. The first-order valence-electron chi connectivity index (χ1n) is 13.0. The van der Waals surface area contributed by atoms with Crippen molar-refractivity contribution in [3.05, 3.63) is 100 Å². The van der Waals surface area contributed by atoms with Crippen LogP contribution >= 0.6 is 11.6 Å². The predicted molar refractivity (Wildman–Crippen MR) is 145 cm³/mol. The quantitative estimate of drug-likeness (QED) is 0.385. The molecule has 6 nitrogen and oxygen atoms in total.